The second-order valence-electron chi connectivity index (χ2n) is 4.05. The average Bonchev–Trinajstić information content (AvgIpc) is 2.71. The van der Waals surface area contributed by atoms with Crippen LogP contribution in [-0.2, 0) is 0 Å². The Morgan fingerprint density at radius 3 is 2.83 bits per heavy atom. The smallest absolute Gasteiger partial charge is 0.252 e. The predicted molar refractivity (Wildman–Crippen MR) is 67.5 cm³/mol. The molecule has 1 aromatic carbocycles. The molecule has 18 heavy (non-hydrogen) atoms. The quantitative estimate of drug-likeness (QED) is 0.818. The van der Waals surface area contributed by atoms with Crippen LogP contribution in [0.1, 0.15) is 22.8 Å². The topological polar surface area (TPSA) is 85.8 Å². The fraction of sp³-hybridized carbons (Fsp3) is 0.182. The van der Waals surface area contributed by atoms with E-state index in [1.165, 1.54) is 4.68 Å². The van der Waals surface area contributed by atoms with E-state index < -0.39 is 0 Å². The van der Waals surface area contributed by atoms with Crippen molar-refractivity contribution in [2.75, 3.05) is 11.1 Å². The molecule has 2 aromatic rings. The number of carbonyl (C=O) groups is 1. The lowest BCUT2D eigenvalue weighted by Crippen LogP contribution is -2.28. The summed E-state index contributed by atoms with van der Waals surface area (Å²) in [6, 6.07) is 7.20. The number of carbonyl (C=O) groups excluding carboxylic acids is 1. The number of halogens is 1. The fourth-order valence-corrected chi connectivity index (χ4v) is 2.09. The van der Waals surface area contributed by atoms with Crippen LogP contribution in [0.4, 0.5) is 11.9 Å². The van der Waals surface area contributed by atoms with Gasteiger partial charge >= 0.3 is 0 Å². The lowest BCUT2D eigenvalue weighted by atomic mass is 10.0. The van der Waals surface area contributed by atoms with Gasteiger partial charge in [0.1, 0.15) is 0 Å². The molecule has 1 aliphatic rings. The van der Waals surface area contributed by atoms with Crippen LogP contribution in [0, 0.1) is 0 Å². The van der Waals surface area contributed by atoms with Crippen LogP contribution in [0.15, 0.2) is 24.3 Å². The van der Waals surface area contributed by atoms with Gasteiger partial charge in [-0.2, -0.15) is 9.67 Å². The molecule has 0 aliphatic carbocycles. The molecule has 0 fully saturated rings. The normalized spacial score (nSPS) is 18.3. The van der Waals surface area contributed by atoms with Crippen LogP contribution in [0.5, 0.6) is 0 Å². The molecule has 7 heteroatoms. The van der Waals surface area contributed by atoms with E-state index in [0.29, 0.717) is 17.4 Å². The molecule has 0 unspecified atom stereocenters. The van der Waals surface area contributed by atoms with Crippen molar-refractivity contribution in [3.8, 4) is 0 Å². The van der Waals surface area contributed by atoms with Gasteiger partial charge in [-0.05, 0) is 17.7 Å². The lowest BCUT2D eigenvalue weighted by Gasteiger charge is -2.23. The van der Waals surface area contributed by atoms with Gasteiger partial charge in [-0.25, -0.2) is 0 Å². The molecule has 0 saturated heterocycles. The van der Waals surface area contributed by atoms with E-state index in [2.05, 4.69) is 15.4 Å². The van der Waals surface area contributed by atoms with Gasteiger partial charge in [0.2, 0.25) is 11.9 Å². The van der Waals surface area contributed by atoms with Gasteiger partial charge in [-0.3, -0.25) is 4.79 Å². The summed E-state index contributed by atoms with van der Waals surface area (Å²) in [6.45, 7) is 0. The van der Waals surface area contributed by atoms with Crippen LogP contribution in [0.3, 0.4) is 0 Å². The standard InChI is InChI=1S/C11H10ClN5O/c12-7-3-1-6(2-4-7)8-5-9(18)17-11(14-8)15-10(13)16-17/h1-4,8H,5H2,(H3,13,14,15,16)/t8-/m1/s1. The lowest BCUT2D eigenvalue weighted by molar-refractivity contribution is 0.0872. The van der Waals surface area contributed by atoms with Crippen LogP contribution >= 0.6 is 11.6 Å². The molecule has 3 N–H and O–H groups in total. The molecular formula is C11H10ClN5O. The summed E-state index contributed by atoms with van der Waals surface area (Å²) in [4.78, 5) is 15.9. The van der Waals surface area contributed by atoms with Crippen LogP contribution in [-0.4, -0.2) is 20.7 Å². The Balaban J connectivity index is 1.94. The molecule has 3 rings (SSSR count). The molecule has 92 valence electrons. The highest BCUT2D eigenvalue weighted by Crippen LogP contribution is 2.28. The number of anilines is 2. The fourth-order valence-electron chi connectivity index (χ4n) is 1.96. The van der Waals surface area contributed by atoms with Crippen LogP contribution in [0.25, 0.3) is 0 Å². The highest BCUT2D eigenvalue weighted by Gasteiger charge is 2.27. The Bertz CT molecular complexity index is 606. The molecule has 0 amide bonds. The number of hydrogen-bond donors (Lipinski definition) is 2. The van der Waals surface area contributed by atoms with Gasteiger partial charge in [0.25, 0.3) is 5.91 Å². The van der Waals surface area contributed by atoms with Crippen LogP contribution < -0.4 is 11.1 Å². The Kier molecular flexibility index (Phi) is 2.45. The minimum Gasteiger partial charge on any atom is -0.366 e. The molecule has 0 radical (unpaired) electrons. The summed E-state index contributed by atoms with van der Waals surface area (Å²) in [5.74, 6) is 0.333. The number of rotatable bonds is 1. The number of aromatic nitrogens is 3. The molecule has 0 saturated carbocycles. The van der Waals surface area contributed by atoms with Crippen LogP contribution in [0.2, 0.25) is 5.02 Å². The molecule has 1 atom stereocenters. The van der Waals surface area contributed by atoms with E-state index in [-0.39, 0.29) is 17.9 Å². The molecule has 2 heterocycles. The minimum absolute atomic E-state index is 0.0857. The van der Waals surface area contributed by atoms with Gasteiger partial charge in [0, 0.05) is 5.02 Å². The van der Waals surface area contributed by atoms with Gasteiger partial charge < -0.3 is 11.1 Å². The van der Waals surface area contributed by atoms with Crippen molar-refractivity contribution in [2.45, 2.75) is 12.5 Å². The molecule has 0 spiro atoms. The first-order valence-electron chi connectivity index (χ1n) is 5.41. The second-order valence-corrected chi connectivity index (χ2v) is 4.49. The molecular weight excluding hydrogens is 254 g/mol. The maximum Gasteiger partial charge on any atom is 0.252 e. The van der Waals surface area contributed by atoms with Crippen molar-refractivity contribution in [3.05, 3.63) is 34.9 Å². The van der Waals surface area contributed by atoms with Crippen molar-refractivity contribution in [1.29, 1.82) is 0 Å². The number of nitrogen functional groups attached to an aromatic ring is 1. The first kappa shape index (κ1) is 11.0. The summed E-state index contributed by atoms with van der Waals surface area (Å²) in [7, 11) is 0. The van der Waals surface area contributed by atoms with Gasteiger partial charge in [0.05, 0.1) is 12.5 Å². The van der Waals surface area contributed by atoms with Gasteiger partial charge in [-0.15, -0.1) is 5.10 Å². The SMILES string of the molecule is Nc1nc2n(n1)C(=O)C[C@H](c1ccc(Cl)cc1)N2. The first-order valence-corrected chi connectivity index (χ1v) is 5.79. The molecule has 1 aliphatic heterocycles. The average molecular weight is 264 g/mol. The Morgan fingerprint density at radius 1 is 1.39 bits per heavy atom. The van der Waals surface area contributed by atoms with Crippen molar-refractivity contribution in [2.24, 2.45) is 0 Å². The van der Waals surface area contributed by atoms with Crippen molar-refractivity contribution in [1.82, 2.24) is 14.8 Å². The van der Waals surface area contributed by atoms with Crippen molar-refractivity contribution < 1.29 is 4.79 Å². The first-order chi connectivity index (χ1) is 8.63. The van der Waals surface area contributed by atoms with Gasteiger partial charge in [0.15, 0.2) is 0 Å². The summed E-state index contributed by atoms with van der Waals surface area (Å²) >= 11 is 5.83. The Morgan fingerprint density at radius 2 is 2.11 bits per heavy atom. The maximum atomic E-state index is 11.9. The summed E-state index contributed by atoms with van der Waals surface area (Å²) < 4.78 is 1.20. The molecule has 1 aromatic heterocycles. The third-order valence-corrected chi connectivity index (χ3v) is 3.07. The number of fused-ring (bicyclic) bond motifs is 1. The van der Waals surface area contributed by atoms with E-state index in [4.69, 9.17) is 17.3 Å². The number of nitrogens with one attached hydrogen (secondary N) is 1. The third kappa shape index (κ3) is 1.80. The zero-order valence-electron chi connectivity index (χ0n) is 9.30. The molecule has 6 nitrogen and oxygen atoms in total. The molecule has 0 bridgehead atoms. The Labute approximate surface area is 108 Å². The number of nitrogens with zero attached hydrogens (tertiary/aromatic N) is 3. The summed E-state index contributed by atoms with van der Waals surface area (Å²) in [5.41, 5.74) is 6.44. The second kappa shape index (κ2) is 3.99. The highest BCUT2D eigenvalue weighted by molar-refractivity contribution is 6.30. The number of benzene rings is 1. The zero-order valence-corrected chi connectivity index (χ0v) is 10.1. The third-order valence-electron chi connectivity index (χ3n) is 2.81. The van der Waals surface area contributed by atoms with E-state index >= 15 is 0 Å². The summed E-state index contributed by atoms with van der Waals surface area (Å²) in [5, 5.41) is 7.61. The van der Waals surface area contributed by atoms with Crippen molar-refractivity contribution in [3.63, 3.8) is 0 Å². The van der Waals surface area contributed by atoms with E-state index in [9.17, 15) is 4.79 Å². The predicted octanol–water partition coefficient (Wildman–Crippen LogP) is 1.71. The van der Waals surface area contributed by atoms with Gasteiger partial charge in [-0.1, -0.05) is 23.7 Å². The van der Waals surface area contributed by atoms with E-state index in [0.717, 1.165) is 5.56 Å². The highest BCUT2D eigenvalue weighted by atomic mass is 35.5. The zero-order chi connectivity index (χ0) is 12.7. The van der Waals surface area contributed by atoms with E-state index in [1.807, 2.05) is 12.1 Å². The maximum absolute atomic E-state index is 11.9. The Hall–Kier alpha value is -2.08. The summed E-state index contributed by atoms with van der Waals surface area (Å²) in [6.07, 6.45) is 0.303. The van der Waals surface area contributed by atoms with E-state index in [1.54, 1.807) is 12.1 Å². The monoisotopic (exact) mass is 263 g/mol. The van der Waals surface area contributed by atoms with Crippen molar-refractivity contribution >= 4 is 29.4 Å². The minimum atomic E-state index is -0.133. The number of hydrogen-bond acceptors (Lipinski definition) is 5. The number of nitrogens with two attached hydrogens (primary N) is 1. The largest absolute Gasteiger partial charge is 0.366 e.